The molecule has 4 heteroatoms. The summed E-state index contributed by atoms with van der Waals surface area (Å²) >= 11 is 0. The van der Waals surface area contributed by atoms with E-state index in [2.05, 4.69) is 36.3 Å². The number of aromatic nitrogens is 2. The van der Waals surface area contributed by atoms with Crippen LogP contribution in [0.25, 0.3) is 16.9 Å². The number of aryl methyl sites for hydroxylation is 1. The van der Waals surface area contributed by atoms with Gasteiger partial charge in [-0.25, -0.2) is 4.68 Å². The van der Waals surface area contributed by atoms with Crippen LogP contribution in [0.4, 0.5) is 0 Å². The molecule has 0 aliphatic heterocycles. The van der Waals surface area contributed by atoms with Gasteiger partial charge in [-0.15, -0.1) is 0 Å². The van der Waals surface area contributed by atoms with Crippen LogP contribution in [0.2, 0.25) is 0 Å². The number of rotatable bonds is 6. The molecule has 0 N–H and O–H groups in total. The summed E-state index contributed by atoms with van der Waals surface area (Å²) in [6.45, 7) is 2.51. The van der Waals surface area contributed by atoms with Crippen molar-refractivity contribution in [1.82, 2.24) is 9.78 Å². The summed E-state index contributed by atoms with van der Waals surface area (Å²) in [5.74, 6) is 0. The van der Waals surface area contributed by atoms with Gasteiger partial charge >= 0.3 is 0 Å². The monoisotopic (exact) mass is 367 g/mol. The van der Waals surface area contributed by atoms with Crippen LogP contribution in [0.5, 0.6) is 0 Å². The van der Waals surface area contributed by atoms with Gasteiger partial charge in [0.25, 0.3) is 0 Å². The molecule has 4 rings (SSSR count). The van der Waals surface area contributed by atoms with Crippen LogP contribution in [0.15, 0.2) is 96.3 Å². The maximum absolute atomic E-state index is 5.48. The summed E-state index contributed by atoms with van der Waals surface area (Å²) in [7, 11) is 0. The first-order valence-electron chi connectivity index (χ1n) is 9.21. The Balaban J connectivity index is 1.61. The summed E-state index contributed by atoms with van der Waals surface area (Å²) < 4.78 is 1.87. The molecule has 0 aliphatic rings. The Hall–Kier alpha value is -3.66. The first kappa shape index (κ1) is 17.7. The fourth-order valence-electron chi connectivity index (χ4n) is 2.91. The first-order chi connectivity index (χ1) is 13.8. The van der Waals surface area contributed by atoms with Crippen molar-refractivity contribution in [2.75, 3.05) is 0 Å². The van der Waals surface area contributed by atoms with Crippen LogP contribution in [-0.4, -0.2) is 16.0 Å². The zero-order valence-corrected chi connectivity index (χ0v) is 15.7. The maximum atomic E-state index is 5.48. The number of nitrogens with zero attached hydrogens (tertiary/aromatic N) is 3. The van der Waals surface area contributed by atoms with Crippen LogP contribution >= 0.6 is 0 Å². The molecule has 0 amide bonds. The minimum Gasteiger partial charge on any atom is -0.391 e. The summed E-state index contributed by atoms with van der Waals surface area (Å²) in [4.78, 5) is 5.48. The van der Waals surface area contributed by atoms with E-state index in [0.29, 0.717) is 6.61 Å². The number of para-hydroxylation sites is 1. The smallest absolute Gasteiger partial charge is 0.142 e. The van der Waals surface area contributed by atoms with E-state index in [1.807, 2.05) is 71.5 Å². The van der Waals surface area contributed by atoms with Crippen molar-refractivity contribution >= 4 is 6.21 Å². The molecule has 28 heavy (non-hydrogen) atoms. The lowest BCUT2D eigenvalue weighted by Crippen LogP contribution is -1.93. The molecule has 0 saturated heterocycles. The molecule has 4 nitrogen and oxygen atoms in total. The summed E-state index contributed by atoms with van der Waals surface area (Å²) in [6.07, 6.45) is 3.70. The highest BCUT2D eigenvalue weighted by atomic mass is 16.6. The number of hydrogen-bond donors (Lipinski definition) is 0. The molecule has 138 valence electrons. The topological polar surface area (TPSA) is 39.4 Å². The largest absolute Gasteiger partial charge is 0.391 e. The SMILES string of the molecule is Cc1ccc(-c2nn(-c3ccccc3)cc2/C=N/OCc2ccccc2)cc1. The average Bonchev–Trinajstić information content (AvgIpc) is 3.17. The Morgan fingerprint density at radius 3 is 2.29 bits per heavy atom. The molecule has 1 heterocycles. The second-order valence-corrected chi connectivity index (χ2v) is 6.57. The molecule has 0 fully saturated rings. The van der Waals surface area contributed by atoms with Crippen molar-refractivity contribution < 1.29 is 4.84 Å². The predicted octanol–water partition coefficient (Wildman–Crippen LogP) is 5.40. The quantitative estimate of drug-likeness (QED) is 0.338. The highest BCUT2D eigenvalue weighted by Crippen LogP contribution is 2.23. The average molecular weight is 367 g/mol. The Morgan fingerprint density at radius 2 is 1.57 bits per heavy atom. The predicted molar refractivity (Wildman–Crippen MR) is 113 cm³/mol. The van der Waals surface area contributed by atoms with E-state index in [4.69, 9.17) is 9.94 Å². The highest BCUT2D eigenvalue weighted by molar-refractivity contribution is 5.88. The fraction of sp³-hybridized carbons (Fsp3) is 0.0833. The number of benzene rings is 3. The van der Waals surface area contributed by atoms with Gasteiger partial charge in [0, 0.05) is 17.3 Å². The fourth-order valence-corrected chi connectivity index (χ4v) is 2.91. The van der Waals surface area contributed by atoms with Gasteiger partial charge in [0.05, 0.1) is 11.9 Å². The number of hydrogen-bond acceptors (Lipinski definition) is 3. The second-order valence-electron chi connectivity index (χ2n) is 6.57. The number of oxime groups is 1. The summed E-state index contributed by atoms with van der Waals surface area (Å²) in [6, 6.07) is 28.4. The maximum Gasteiger partial charge on any atom is 0.142 e. The molecular weight excluding hydrogens is 346 g/mol. The van der Waals surface area contributed by atoms with Crippen molar-refractivity contribution in [2.45, 2.75) is 13.5 Å². The van der Waals surface area contributed by atoms with E-state index < -0.39 is 0 Å². The van der Waals surface area contributed by atoms with E-state index in [0.717, 1.165) is 28.1 Å². The van der Waals surface area contributed by atoms with Gasteiger partial charge in [0.15, 0.2) is 0 Å². The molecule has 0 atom stereocenters. The zero-order valence-electron chi connectivity index (χ0n) is 15.7. The molecule has 0 bridgehead atoms. The van der Waals surface area contributed by atoms with Crippen molar-refractivity contribution in [1.29, 1.82) is 0 Å². The van der Waals surface area contributed by atoms with Gasteiger partial charge in [-0.05, 0) is 24.6 Å². The van der Waals surface area contributed by atoms with E-state index in [1.54, 1.807) is 6.21 Å². The minimum absolute atomic E-state index is 0.435. The molecule has 0 spiro atoms. The Labute approximate surface area is 164 Å². The van der Waals surface area contributed by atoms with Crippen LogP contribution in [0.1, 0.15) is 16.7 Å². The van der Waals surface area contributed by atoms with Gasteiger partial charge in [-0.2, -0.15) is 5.10 Å². The van der Waals surface area contributed by atoms with Gasteiger partial charge in [-0.1, -0.05) is 83.5 Å². The summed E-state index contributed by atoms with van der Waals surface area (Å²) in [5.41, 5.74) is 6.12. The van der Waals surface area contributed by atoms with E-state index in [9.17, 15) is 0 Å². The Bertz CT molecular complexity index is 1050. The van der Waals surface area contributed by atoms with Crippen molar-refractivity contribution in [2.24, 2.45) is 5.16 Å². The van der Waals surface area contributed by atoms with E-state index in [-0.39, 0.29) is 0 Å². The lowest BCUT2D eigenvalue weighted by molar-refractivity contribution is 0.132. The second kappa shape index (κ2) is 8.35. The van der Waals surface area contributed by atoms with Gasteiger partial charge < -0.3 is 4.84 Å². The van der Waals surface area contributed by atoms with Crippen LogP contribution < -0.4 is 0 Å². The lowest BCUT2D eigenvalue weighted by Gasteiger charge is -2.01. The molecule has 0 radical (unpaired) electrons. The van der Waals surface area contributed by atoms with Crippen molar-refractivity contribution in [3.63, 3.8) is 0 Å². The van der Waals surface area contributed by atoms with Crippen molar-refractivity contribution in [3.05, 3.63) is 108 Å². The molecular formula is C24H21N3O. The zero-order chi connectivity index (χ0) is 19.2. The summed E-state index contributed by atoms with van der Waals surface area (Å²) in [5, 5.41) is 8.96. The molecule has 0 aliphatic carbocycles. The molecule has 0 unspecified atom stereocenters. The van der Waals surface area contributed by atoms with E-state index >= 15 is 0 Å². The molecule has 4 aromatic rings. The first-order valence-corrected chi connectivity index (χ1v) is 9.21. The van der Waals surface area contributed by atoms with Gasteiger partial charge in [0.1, 0.15) is 12.3 Å². The minimum atomic E-state index is 0.435. The van der Waals surface area contributed by atoms with Crippen molar-refractivity contribution in [3.8, 4) is 16.9 Å². The Kier molecular flexibility index (Phi) is 5.29. The third-order valence-electron chi connectivity index (χ3n) is 4.43. The lowest BCUT2D eigenvalue weighted by atomic mass is 10.1. The normalized spacial score (nSPS) is 11.0. The van der Waals surface area contributed by atoms with Crippen LogP contribution in [-0.2, 0) is 11.4 Å². The van der Waals surface area contributed by atoms with E-state index in [1.165, 1.54) is 5.56 Å². The van der Waals surface area contributed by atoms with Crippen LogP contribution in [0.3, 0.4) is 0 Å². The van der Waals surface area contributed by atoms with Gasteiger partial charge in [-0.3, -0.25) is 0 Å². The van der Waals surface area contributed by atoms with Gasteiger partial charge in [0.2, 0.25) is 0 Å². The Morgan fingerprint density at radius 1 is 0.893 bits per heavy atom. The molecule has 0 saturated carbocycles. The third kappa shape index (κ3) is 4.18. The molecule has 3 aromatic carbocycles. The van der Waals surface area contributed by atoms with Crippen LogP contribution in [0, 0.1) is 6.92 Å². The molecule has 1 aromatic heterocycles. The third-order valence-corrected chi connectivity index (χ3v) is 4.43. The standard InChI is InChI=1S/C24H21N3O/c1-19-12-14-21(15-13-19)24-22(16-25-28-18-20-8-4-2-5-9-20)17-27(26-24)23-10-6-3-7-11-23/h2-17H,18H2,1H3/b25-16+. The highest BCUT2D eigenvalue weighted by Gasteiger charge is 2.11.